The second kappa shape index (κ2) is 10.6. The minimum atomic E-state index is -0.459. The third kappa shape index (κ3) is 5.30. The fourth-order valence-corrected chi connectivity index (χ4v) is 4.82. The van der Waals surface area contributed by atoms with Crippen LogP contribution in [0.25, 0.3) is 16.6 Å². The van der Waals surface area contributed by atoms with E-state index in [9.17, 15) is 4.79 Å². The molecule has 2 amide bonds. The Kier molecular flexibility index (Phi) is 6.95. The number of piperazine rings is 1. The molecular weight excluding hydrogens is 436 g/mol. The maximum Gasteiger partial charge on any atom is 0.320 e. The number of pyridine rings is 1. The SMILES string of the molecule is NC(=O)N(CCCCN1CCN(c2ccccc2-c2ccccc2)CC1)c1cc2ccccn2n1. The van der Waals surface area contributed by atoms with Gasteiger partial charge in [-0.1, -0.05) is 54.6 Å². The first-order chi connectivity index (χ1) is 17.2. The number of para-hydroxylation sites is 1. The molecule has 2 aromatic carbocycles. The molecule has 1 fully saturated rings. The molecule has 2 aromatic heterocycles. The zero-order valence-electron chi connectivity index (χ0n) is 20.0. The van der Waals surface area contributed by atoms with Crippen LogP contribution in [0.3, 0.4) is 0 Å². The minimum Gasteiger partial charge on any atom is -0.368 e. The number of nitrogens with two attached hydrogens (primary N) is 1. The quantitative estimate of drug-likeness (QED) is 0.387. The highest BCUT2D eigenvalue weighted by Crippen LogP contribution is 2.31. The van der Waals surface area contributed by atoms with Crippen molar-refractivity contribution in [3.8, 4) is 11.1 Å². The molecular formula is C28H32N6O. The van der Waals surface area contributed by atoms with Gasteiger partial charge in [0.2, 0.25) is 0 Å². The number of rotatable bonds is 8. The van der Waals surface area contributed by atoms with Crippen LogP contribution in [-0.2, 0) is 0 Å². The summed E-state index contributed by atoms with van der Waals surface area (Å²) in [6.07, 6.45) is 3.77. The number of amides is 2. The summed E-state index contributed by atoms with van der Waals surface area (Å²) in [5.41, 5.74) is 10.5. The molecule has 1 saturated heterocycles. The molecule has 1 aliphatic heterocycles. The van der Waals surface area contributed by atoms with E-state index in [1.165, 1.54) is 16.8 Å². The van der Waals surface area contributed by atoms with Gasteiger partial charge in [-0.25, -0.2) is 9.31 Å². The van der Waals surface area contributed by atoms with Crippen LogP contribution in [0.4, 0.5) is 16.3 Å². The Morgan fingerprint density at radius 1 is 0.886 bits per heavy atom. The van der Waals surface area contributed by atoms with Crippen molar-refractivity contribution in [2.45, 2.75) is 12.8 Å². The van der Waals surface area contributed by atoms with Gasteiger partial charge in [-0.15, -0.1) is 5.10 Å². The number of aromatic nitrogens is 2. The molecule has 0 bridgehead atoms. The predicted octanol–water partition coefficient (Wildman–Crippen LogP) is 4.49. The summed E-state index contributed by atoms with van der Waals surface area (Å²) in [6, 6.07) is 26.6. The summed E-state index contributed by atoms with van der Waals surface area (Å²) in [7, 11) is 0. The fraction of sp³-hybridized carbons (Fsp3) is 0.286. The van der Waals surface area contributed by atoms with Crippen molar-refractivity contribution < 1.29 is 4.79 Å². The molecule has 180 valence electrons. The number of unbranched alkanes of at least 4 members (excludes halogenated alkanes) is 1. The van der Waals surface area contributed by atoms with Crippen molar-refractivity contribution in [2.75, 3.05) is 49.1 Å². The van der Waals surface area contributed by atoms with Crippen LogP contribution in [0, 0.1) is 0 Å². The zero-order chi connectivity index (χ0) is 24.0. The van der Waals surface area contributed by atoms with E-state index in [0.717, 1.165) is 51.1 Å². The summed E-state index contributed by atoms with van der Waals surface area (Å²) in [5.74, 6) is 0.606. The smallest absolute Gasteiger partial charge is 0.320 e. The number of primary amides is 1. The van der Waals surface area contributed by atoms with Crippen LogP contribution in [-0.4, -0.2) is 59.8 Å². The van der Waals surface area contributed by atoms with Crippen LogP contribution >= 0.6 is 0 Å². The van der Waals surface area contributed by atoms with E-state index in [1.54, 1.807) is 9.42 Å². The molecule has 2 N–H and O–H groups in total. The third-order valence-corrected chi connectivity index (χ3v) is 6.71. The van der Waals surface area contributed by atoms with Crippen molar-refractivity contribution in [1.29, 1.82) is 0 Å². The van der Waals surface area contributed by atoms with Crippen molar-refractivity contribution in [2.24, 2.45) is 5.73 Å². The van der Waals surface area contributed by atoms with E-state index in [1.807, 2.05) is 30.5 Å². The standard InChI is InChI=1S/C28H32N6O/c29-28(35)33(27-22-24-12-6-7-17-34(24)30-27)16-9-8-15-31-18-20-32(21-19-31)26-14-5-4-13-25(26)23-10-2-1-3-11-23/h1-7,10-14,17,22H,8-9,15-16,18-21H2,(H2,29,35). The van der Waals surface area contributed by atoms with Crippen LogP contribution in [0.5, 0.6) is 0 Å². The summed E-state index contributed by atoms with van der Waals surface area (Å²) in [4.78, 5) is 18.6. The number of anilines is 2. The number of fused-ring (bicyclic) bond motifs is 1. The van der Waals surface area contributed by atoms with Gasteiger partial charge in [0, 0.05) is 56.2 Å². The summed E-state index contributed by atoms with van der Waals surface area (Å²) < 4.78 is 1.76. The average Bonchev–Trinajstić information content (AvgIpc) is 3.33. The Hall–Kier alpha value is -3.84. The first-order valence-electron chi connectivity index (χ1n) is 12.3. The van der Waals surface area contributed by atoms with E-state index in [4.69, 9.17) is 5.73 Å². The van der Waals surface area contributed by atoms with Crippen LogP contribution in [0.2, 0.25) is 0 Å². The minimum absolute atomic E-state index is 0.459. The number of carbonyl (C=O) groups is 1. The molecule has 3 heterocycles. The molecule has 5 rings (SSSR count). The number of benzene rings is 2. The van der Waals surface area contributed by atoms with Crippen molar-refractivity contribution >= 4 is 23.1 Å². The highest BCUT2D eigenvalue weighted by atomic mass is 16.2. The Morgan fingerprint density at radius 2 is 1.63 bits per heavy atom. The molecule has 0 aliphatic carbocycles. The summed E-state index contributed by atoms with van der Waals surface area (Å²) in [5, 5.41) is 4.49. The first-order valence-corrected chi connectivity index (χ1v) is 12.3. The Bertz CT molecular complexity index is 1230. The van der Waals surface area contributed by atoms with E-state index in [0.29, 0.717) is 12.4 Å². The highest BCUT2D eigenvalue weighted by Gasteiger charge is 2.20. The van der Waals surface area contributed by atoms with Crippen molar-refractivity contribution in [1.82, 2.24) is 14.5 Å². The van der Waals surface area contributed by atoms with E-state index in [-0.39, 0.29) is 0 Å². The van der Waals surface area contributed by atoms with E-state index >= 15 is 0 Å². The highest BCUT2D eigenvalue weighted by molar-refractivity contribution is 5.90. The lowest BCUT2D eigenvalue weighted by Gasteiger charge is -2.37. The van der Waals surface area contributed by atoms with Crippen molar-refractivity contribution in [3.05, 3.63) is 85.1 Å². The average molecular weight is 469 g/mol. The van der Waals surface area contributed by atoms with Gasteiger partial charge in [0.15, 0.2) is 5.82 Å². The van der Waals surface area contributed by atoms with Gasteiger partial charge in [0.25, 0.3) is 0 Å². The van der Waals surface area contributed by atoms with Gasteiger partial charge in [0.1, 0.15) is 0 Å². The zero-order valence-corrected chi connectivity index (χ0v) is 20.0. The second-order valence-corrected chi connectivity index (χ2v) is 8.98. The van der Waals surface area contributed by atoms with Gasteiger partial charge < -0.3 is 10.6 Å². The maximum absolute atomic E-state index is 12.1. The van der Waals surface area contributed by atoms with Gasteiger partial charge in [-0.3, -0.25) is 9.80 Å². The molecule has 0 atom stereocenters. The number of nitrogens with zero attached hydrogens (tertiary/aromatic N) is 5. The van der Waals surface area contributed by atoms with Gasteiger partial charge in [-0.05, 0) is 43.1 Å². The third-order valence-electron chi connectivity index (χ3n) is 6.71. The molecule has 0 spiro atoms. The lowest BCUT2D eigenvalue weighted by molar-refractivity contribution is 0.249. The molecule has 7 nitrogen and oxygen atoms in total. The predicted molar refractivity (Wildman–Crippen MR) is 142 cm³/mol. The van der Waals surface area contributed by atoms with Crippen LogP contribution in [0.15, 0.2) is 85.1 Å². The van der Waals surface area contributed by atoms with Gasteiger partial charge in [-0.2, -0.15) is 0 Å². The molecule has 35 heavy (non-hydrogen) atoms. The largest absolute Gasteiger partial charge is 0.368 e. The number of hydrogen-bond donors (Lipinski definition) is 1. The molecule has 1 aliphatic rings. The summed E-state index contributed by atoms with van der Waals surface area (Å²) in [6.45, 7) is 5.69. The Balaban J connectivity index is 1.12. The van der Waals surface area contributed by atoms with Gasteiger partial charge in [0.05, 0.1) is 5.52 Å². The second-order valence-electron chi connectivity index (χ2n) is 8.98. The number of carbonyl (C=O) groups excluding carboxylic acids is 1. The molecule has 0 radical (unpaired) electrons. The molecule has 7 heteroatoms. The topological polar surface area (TPSA) is 70.1 Å². The Labute approximate surface area is 206 Å². The van der Waals surface area contributed by atoms with Crippen LogP contribution < -0.4 is 15.5 Å². The molecule has 0 saturated carbocycles. The lowest BCUT2D eigenvalue weighted by Crippen LogP contribution is -2.47. The molecule has 0 unspecified atom stereocenters. The maximum atomic E-state index is 12.1. The van der Waals surface area contributed by atoms with E-state index in [2.05, 4.69) is 69.5 Å². The van der Waals surface area contributed by atoms with Crippen molar-refractivity contribution in [3.63, 3.8) is 0 Å². The normalized spacial score (nSPS) is 14.3. The van der Waals surface area contributed by atoms with Gasteiger partial charge >= 0.3 is 6.03 Å². The lowest BCUT2D eigenvalue weighted by atomic mass is 10.0. The monoisotopic (exact) mass is 468 g/mol. The van der Waals surface area contributed by atoms with E-state index < -0.39 is 6.03 Å². The molecule has 4 aromatic rings. The Morgan fingerprint density at radius 3 is 2.40 bits per heavy atom. The van der Waals surface area contributed by atoms with Crippen LogP contribution in [0.1, 0.15) is 12.8 Å². The number of urea groups is 1. The number of hydrogen-bond acceptors (Lipinski definition) is 4. The summed E-state index contributed by atoms with van der Waals surface area (Å²) >= 11 is 0. The first kappa shape index (κ1) is 22.9. The fourth-order valence-electron chi connectivity index (χ4n) is 4.82.